The van der Waals surface area contributed by atoms with Crippen LogP contribution in [0.5, 0.6) is 0 Å². The fraction of sp³-hybridized carbons (Fsp3) is 0.357. The molecule has 0 saturated heterocycles. The number of amides is 2. The first-order valence-electron chi connectivity index (χ1n) is 6.41. The number of aliphatic imine (C=N–C) groups is 1. The molecule has 0 radical (unpaired) electrons. The maximum atomic E-state index is 13.9. The molecule has 1 aliphatic rings. The first kappa shape index (κ1) is 15.1. The Morgan fingerprint density at radius 1 is 1.43 bits per heavy atom. The largest absolute Gasteiger partial charge is 0.465 e. The van der Waals surface area contributed by atoms with Gasteiger partial charge < -0.3 is 10.1 Å². The van der Waals surface area contributed by atoms with E-state index < -0.39 is 35.6 Å². The van der Waals surface area contributed by atoms with Gasteiger partial charge in [-0.05, 0) is 19.9 Å². The van der Waals surface area contributed by atoms with Crippen molar-refractivity contribution in [2.75, 3.05) is 6.61 Å². The van der Waals surface area contributed by atoms with Gasteiger partial charge in [0.1, 0.15) is 17.6 Å². The lowest BCUT2D eigenvalue weighted by molar-refractivity contribution is -0.146. The van der Waals surface area contributed by atoms with E-state index in [1.54, 1.807) is 6.92 Å². The highest BCUT2D eigenvalue weighted by atomic mass is 19.1. The van der Waals surface area contributed by atoms with E-state index >= 15 is 0 Å². The van der Waals surface area contributed by atoms with Crippen LogP contribution < -0.4 is 5.32 Å². The van der Waals surface area contributed by atoms with Gasteiger partial charge in [0.2, 0.25) is 0 Å². The average Bonchev–Trinajstić information content (AvgIpc) is 2.37. The molecule has 0 saturated carbocycles. The molecule has 1 aliphatic heterocycles. The van der Waals surface area contributed by atoms with Crippen LogP contribution in [0.25, 0.3) is 0 Å². The van der Waals surface area contributed by atoms with Crippen LogP contribution in [-0.4, -0.2) is 24.3 Å². The molecule has 1 aromatic carbocycles. The highest BCUT2D eigenvalue weighted by Crippen LogP contribution is 2.30. The molecule has 7 heteroatoms. The van der Waals surface area contributed by atoms with E-state index in [9.17, 15) is 18.4 Å². The Labute approximate surface area is 120 Å². The van der Waals surface area contributed by atoms with Crippen molar-refractivity contribution >= 4 is 17.7 Å². The maximum absolute atomic E-state index is 13.9. The van der Waals surface area contributed by atoms with Gasteiger partial charge >= 0.3 is 12.0 Å². The summed E-state index contributed by atoms with van der Waals surface area (Å²) in [7, 11) is 0. The quantitative estimate of drug-likeness (QED) is 0.871. The molecule has 0 aliphatic carbocycles. The summed E-state index contributed by atoms with van der Waals surface area (Å²) in [5, 5.41) is 2.42. The standard InChI is InChI=1S/C14H14F2N2O3/c1-3-21-13(19)11-7(2)17-14(20)18-12(11)9-5-4-8(15)6-10(9)16/h4-6,11-12H,3H2,1-2H3,(H,18,20). The van der Waals surface area contributed by atoms with Gasteiger partial charge in [-0.2, -0.15) is 0 Å². The number of esters is 1. The van der Waals surface area contributed by atoms with Gasteiger partial charge in [-0.25, -0.2) is 18.6 Å². The lowest BCUT2D eigenvalue weighted by Crippen LogP contribution is -2.44. The molecule has 0 aromatic heterocycles. The highest BCUT2D eigenvalue weighted by molar-refractivity contribution is 6.08. The Balaban J connectivity index is 2.45. The van der Waals surface area contributed by atoms with E-state index in [0.29, 0.717) is 6.07 Å². The second kappa shape index (κ2) is 5.99. The number of hydrogen-bond acceptors (Lipinski definition) is 3. The summed E-state index contributed by atoms with van der Waals surface area (Å²) in [5.74, 6) is -3.14. The average molecular weight is 296 g/mol. The highest BCUT2D eigenvalue weighted by Gasteiger charge is 2.39. The van der Waals surface area contributed by atoms with Crippen molar-refractivity contribution in [2.24, 2.45) is 10.9 Å². The Morgan fingerprint density at radius 2 is 2.14 bits per heavy atom. The van der Waals surface area contributed by atoms with E-state index in [2.05, 4.69) is 10.3 Å². The normalized spacial score (nSPS) is 21.5. The van der Waals surface area contributed by atoms with Crippen molar-refractivity contribution in [1.29, 1.82) is 0 Å². The number of nitrogens with zero attached hydrogens (tertiary/aromatic N) is 1. The summed E-state index contributed by atoms with van der Waals surface area (Å²) < 4.78 is 31.9. The minimum Gasteiger partial charge on any atom is -0.465 e. The number of halogens is 2. The van der Waals surface area contributed by atoms with E-state index in [4.69, 9.17) is 4.74 Å². The van der Waals surface area contributed by atoms with Crippen LogP contribution in [0.2, 0.25) is 0 Å². The molecule has 0 bridgehead atoms. The van der Waals surface area contributed by atoms with Gasteiger partial charge in [0, 0.05) is 17.3 Å². The second-order valence-corrected chi connectivity index (χ2v) is 4.58. The Bertz CT molecular complexity index is 616. The predicted molar refractivity (Wildman–Crippen MR) is 70.9 cm³/mol. The number of carbonyl (C=O) groups is 2. The van der Waals surface area contributed by atoms with Gasteiger partial charge in [0.15, 0.2) is 0 Å². The van der Waals surface area contributed by atoms with Crippen LogP contribution in [0.1, 0.15) is 25.5 Å². The molecule has 2 amide bonds. The van der Waals surface area contributed by atoms with E-state index in [0.717, 1.165) is 6.07 Å². The third-order valence-electron chi connectivity index (χ3n) is 3.18. The first-order valence-corrected chi connectivity index (χ1v) is 6.41. The molecule has 21 heavy (non-hydrogen) atoms. The van der Waals surface area contributed by atoms with Crippen LogP contribution in [-0.2, 0) is 9.53 Å². The Kier molecular flexibility index (Phi) is 4.30. The number of hydrogen-bond donors (Lipinski definition) is 1. The zero-order valence-electron chi connectivity index (χ0n) is 11.5. The van der Waals surface area contributed by atoms with Crippen molar-refractivity contribution in [1.82, 2.24) is 5.32 Å². The summed E-state index contributed by atoms with van der Waals surface area (Å²) in [5.41, 5.74) is 0.239. The van der Waals surface area contributed by atoms with Crippen LogP contribution in [0.4, 0.5) is 13.6 Å². The van der Waals surface area contributed by atoms with Crippen LogP contribution in [0.15, 0.2) is 23.2 Å². The fourth-order valence-electron chi connectivity index (χ4n) is 2.27. The predicted octanol–water partition coefficient (Wildman–Crippen LogP) is 2.37. The number of rotatable bonds is 3. The molecule has 1 aromatic rings. The second-order valence-electron chi connectivity index (χ2n) is 4.58. The molecule has 1 heterocycles. The molecule has 112 valence electrons. The molecule has 1 N–H and O–H groups in total. The van der Waals surface area contributed by atoms with Crippen LogP contribution in [0.3, 0.4) is 0 Å². The lowest BCUT2D eigenvalue weighted by atomic mass is 9.88. The van der Waals surface area contributed by atoms with Crippen molar-refractivity contribution < 1.29 is 23.1 Å². The number of nitrogens with one attached hydrogen (secondary N) is 1. The van der Waals surface area contributed by atoms with Crippen LogP contribution in [0, 0.1) is 17.6 Å². The molecule has 2 unspecified atom stereocenters. The Hall–Kier alpha value is -2.31. The molecule has 0 fully saturated rings. The molecule has 2 rings (SSSR count). The van der Waals surface area contributed by atoms with Crippen molar-refractivity contribution in [3.63, 3.8) is 0 Å². The number of urea groups is 1. The molecule has 2 atom stereocenters. The molecular formula is C14H14F2N2O3. The number of ether oxygens (including phenoxy) is 1. The Morgan fingerprint density at radius 3 is 2.76 bits per heavy atom. The summed E-state index contributed by atoms with van der Waals surface area (Å²) >= 11 is 0. The van der Waals surface area contributed by atoms with Gasteiger partial charge in [0.05, 0.1) is 12.6 Å². The topological polar surface area (TPSA) is 67.8 Å². The van der Waals surface area contributed by atoms with E-state index in [1.165, 1.54) is 13.0 Å². The van der Waals surface area contributed by atoms with E-state index in [-0.39, 0.29) is 17.9 Å². The minimum absolute atomic E-state index is 0.0112. The smallest absolute Gasteiger partial charge is 0.341 e. The minimum atomic E-state index is -0.977. The van der Waals surface area contributed by atoms with Gasteiger partial charge in [0.25, 0.3) is 0 Å². The van der Waals surface area contributed by atoms with Gasteiger partial charge in [-0.1, -0.05) is 6.07 Å². The third-order valence-corrected chi connectivity index (χ3v) is 3.18. The van der Waals surface area contributed by atoms with Crippen molar-refractivity contribution in [3.05, 3.63) is 35.4 Å². The summed E-state index contributed by atoms with van der Waals surface area (Å²) in [4.78, 5) is 27.2. The lowest BCUT2D eigenvalue weighted by Gasteiger charge is -2.29. The molecule has 0 spiro atoms. The molecule has 5 nitrogen and oxygen atoms in total. The monoisotopic (exact) mass is 296 g/mol. The van der Waals surface area contributed by atoms with Crippen molar-refractivity contribution in [2.45, 2.75) is 19.9 Å². The van der Waals surface area contributed by atoms with Gasteiger partial charge in [-0.15, -0.1) is 0 Å². The summed E-state index contributed by atoms with van der Waals surface area (Å²) in [6, 6.07) is 1.30. The number of benzene rings is 1. The van der Waals surface area contributed by atoms with Crippen LogP contribution >= 0.6 is 0 Å². The number of carbonyl (C=O) groups excluding carboxylic acids is 2. The SMILES string of the molecule is CCOC(=O)C1C(C)=NC(=O)NC1c1ccc(F)cc1F. The van der Waals surface area contributed by atoms with E-state index in [1.807, 2.05) is 0 Å². The summed E-state index contributed by atoms with van der Waals surface area (Å²) in [6.07, 6.45) is 0. The maximum Gasteiger partial charge on any atom is 0.341 e. The molecular weight excluding hydrogens is 282 g/mol. The third kappa shape index (κ3) is 3.07. The summed E-state index contributed by atoms with van der Waals surface area (Å²) in [6.45, 7) is 3.28. The van der Waals surface area contributed by atoms with Gasteiger partial charge in [-0.3, -0.25) is 4.79 Å². The first-order chi connectivity index (χ1) is 9.93. The fourth-order valence-corrected chi connectivity index (χ4v) is 2.27. The zero-order valence-corrected chi connectivity index (χ0v) is 11.5. The zero-order chi connectivity index (χ0) is 15.6. The van der Waals surface area contributed by atoms with Crippen molar-refractivity contribution in [3.8, 4) is 0 Å².